The second-order valence-electron chi connectivity index (χ2n) is 4.57. The molecule has 1 aromatic carbocycles. The molecule has 0 saturated heterocycles. The van der Waals surface area contributed by atoms with Crippen molar-refractivity contribution < 1.29 is 22.5 Å². The van der Waals surface area contributed by atoms with Crippen LogP contribution in [0.5, 0.6) is 0 Å². The first-order valence-electron chi connectivity index (χ1n) is 6.16. The highest BCUT2D eigenvalue weighted by atomic mass is 32.2. The third-order valence-corrected chi connectivity index (χ3v) is 4.89. The van der Waals surface area contributed by atoms with Crippen LogP contribution in [0.4, 0.5) is 10.1 Å². The van der Waals surface area contributed by atoms with Gasteiger partial charge in [0.1, 0.15) is 0 Å². The molecule has 0 aliphatic carbocycles. The van der Waals surface area contributed by atoms with Crippen molar-refractivity contribution in [2.75, 3.05) is 20.3 Å². The second kappa shape index (κ2) is 6.92. The van der Waals surface area contributed by atoms with Crippen LogP contribution >= 0.6 is 0 Å². The van der Waals surface area contributed by atoms with Gasteiger partial charge in [0, 0.05) is 31.8 Å². The molecule has 118 valence electrons. The Morgan fingerprint density at radius 2 is 2.05 bits per heavy atom. The summed E-state index contributed by atoms with van der Waals surface area (Å²) in [6.07, 6.45) is 0. The van der Waals surface area contributed by atoms with Crippen molar-refractivity contribution in [3.8, 4) is 0 Å². The van der Waals surface area contributed by atoms with E-state index < -0.39 is 26.5 Å². The number of nitrogens with zero attached hydrogens (tertiary/aromatic N) is 2. The van der Waals surface area contributed by atoms with Gasteiger partial charge in [-0.2, -0.15) is 8.70 Å². The maximum atomic E-state index is 13.6. The monoisotopic (exact) mass is 320 g/mol. The Hall–Kier alpha value is -1.58. The number of nitro benzene ring substituents is 1. The number of hydrogen-bond donors (Lipinski definition) is 0. The van der Waals surface area contributed by atoms with Crippen LogP contribution in [0.3, 0.4) is 0 Å². The van der Waals surface area contributed by atoms with Crippen molar-refractivity contribution in [2.45, 2.75) is 24.8 Å². The van der Waals surface area contributed by atoms with Gasteiger partial charge >= 0.3 is 5.69 Å². The number of ether oxygens (including phenoxy) is 1. The maximum Gasteiger partial charge on any atom is 0.304 e. The summed E-state index contributed by atoms with van der Waals surface area (Å²) in [5.41, 5.74) is -0.762. The lowest BCUT2D eigenvalue weighted by atomic mass is 10.3. The van der Waals surface area contributed by atoms with Gasteiger partial charge in [-0.05, 0) is 19.9 Å². The van der Waals surface area contributed by atoms with E-state index in [1.54, 1.807) is 13.8 Å². The number of sulfonamides is 1. The zero-order valence-corrected chi connectivity index (χ0v) is 12.8. The summed E-state index contributed by atoms with van der Waals surface area (Å²) in [4.78, 5) is 9.33. The zero-order chi connectivity index (χ0) is 16.2. The van der Waals surface area contributed by atoms with Crippen LogP contribution in [0.25, 0.3) is 0 Å². The van der Waals surface area contributed by atoms with E-state index in [0.29, 0.717) is 6.07 Å². The first-order chi connectivity index (χ1) is 9.71. The third-order valence-electron chi connectivity index (χ3n) is 2.81. The molecule has 0 amide bonds. The van der Waals surface area contributed by atoms with Crippen LogP contribution in [0, 0.1) is 15.9 Å². The molecule has 0 spiro atoms. The molecule has 0 heterocycles. The average molecular weight is 320 g/mol. The summed E-state index contributed by atoms with van der Waals surface area (Å²) in [5.74, 6) is -1.18. The molecule has 0 fully saturated rings. The number of benzene rings is 1. The van der Waals surface area contributed by atoms with Crippen LogP contribution in [0.2, 0.25) is 0 Å². The zero-order valence-electron chi connectivity index (χ0n) is 11.9. The predicted molar refractivity (Wildman–Crippen MR) is 74.0 cm³/mol. The third kappa shape index (κ3) is 3.96. The van der Waals surface area contributed by atoms with Gasteiger partial charge in [-0.15, -0.1) is 0 Å². The van der Waals surface area contributed by atoms with Crippen LogP contribution < -0.4 is 0 Å². The normalized spacial score (nSPS) is 12.1. The first-order valence-corrected chi connectivity index (χ1v) is 7.60. The maximum absolute atomic E-state index is 13.6. The Kier molecular flexibility index (Phi) is 5.76. The Bertz CT molecular complexity index is 618. The minimum absolute atomic E-state index is 0.106. The summed E-state index contributed by atoms with van der Waals surface area (Å²) < 4.78 is 44.5. The molecule has 0 aliphatic rings. The Morgan fingerprint density at radius 3 is 2.48 bits per heavy atom. The molecule has 21 heavy (non-hydrogen) atoms. The standard InChI is InChI=1S/C12H17FN2O5S/c1-9(2)14(6-7-20-3)21(18,19)10-4-5-12(15(16)17)11(13)8-10/h4-5,8-9H,6-7H2,1-3H3. The van der Waals surface area contributed by atoms with E-state index in [9.17, 15) is 22.9 Å². The van der Waals surface area contributed by atoms with E-state index in [4.69, 9.17) is 4.74 Å². The molecule has 0 unspecified atom stereocenters. The molecule has 0 aromatic heterocycles. The van der Waals surface area contributed by atoms with E-state index >= 15 is 0 Å². The fraction of sp³-hybridized carbons (Fsp3) is 0.500. The number of methoxy groups -OCH3 is 1. The predicted octanol–water partition coefficient (Wildman–Crippen LogP) is 1.78. The van der Waals surface area contributed by atoms with Gasteiger partial charge in [0.15, 0.2) is 0 Å². The fourth-order valence-electron chi connectivity index (χ4n) is 1.77. The topological polar surface area (TPSA) is 89.8 Å². The molecule has 0 aliphatic heterocycles. The van der Waals surface area contributed by atoms with Gasteiger partial charge in [-0.25, -0.2) is 8.42 Å². The lowest BCUT2D eigenvalue weighted by Crippen LogP contribution is -2.39. The quantitative estimate of drug-likeness (QED) is 0.564. The van der Waals surface area contributed by atoms with Crippen molar-refractivity contribution in [3.63, 3.8) is 0 Å². The van der Waals surface area contributed by atoms with Crippen LogP contribution in [-0.2, 0) is 14.8 Å². The fourth-order valence-corrected chi connectivity index (χ4v) is 3.40. The van der Waals surface area contributed by atoms with Crippen molar-refractivity contribution >= 4 is 15.7 Å². The summed E-state index contributed by atoms with van der Waals surface area (Å²) in [6.45, 7) is 3.64. The van der Waals surface area contributed by atoms with Crippen molar-refractivity contribution in [3.05, 3.63) is 34.1 Å². The molecule has 1 rings (SSSR count). The van der Waals surface area contributed by atoms with Gasteiger partial charge in [0.2, 0.25) is 15.8 Å². The molecule has 0 radical (unpaired) electrons. The Labute approximate surface area is 122 Å². The highest BCUT2D eigenvalue weighted by Gasteiger charge is 2.28. The molecule has 1 aromatic rings. The van der Waals surface area contributed by atoms with Gasteiger partial charge in [0.25, 0.3) is 0 Å². The summed E-state index contributed by atoms with van der Waals surface area (Å²) in [5, 5.41) is 10.6. The number of rotatable bonds is 7. The molecular weight excluding hydrogens is 303 g/mol. The summed E-state index contributed by atoms with van der Waals surface area (Å²) in [6, 6.07) is 2.18. The van der Waals surface area contributed by atoms with Gasteiger partial charge < -0.3 is 4.74 Å². The van der Waals surface area contributed by atoms with Gasteiger partial charge in [-0.1, -0.05) is 0 Å². The highest BCUT2D eigenvalue weighted by molar-refractivity contribution is 7.89. The van der Waals surface area contributed by atoms with E-state index in [1.165, 1.54) is 7.11 Å². The van der Waals surface area contributed by atoms with Gasteiger partial charge in [0.05, 0.1) is 16.4 Å². The Balaban J connectivity index is 3.22. The SMILES string of the molecule is COCCN(C(C)C)S(=O)(=O)c1ccc([N+](=O)[O-])c(F)c1. The van der Waals surface area contributed by atoms with Crippen molar-refractivity contribution in [2.24, 2.45) is 0 Å². The molecule has 0 saturated carbocycles. The number of halogens is 1. The number of hydrogen-bond acceptors (Lipinski definition) is 5. The summed E-state index contributed by atoms with van der Waals surface area (Å²) >= 11 is 0. The average Bonchev–Trinajstić information content (AvgIpc) is 2.37. The van der Waals surface area contributed by atoms with Crippen LogP contribution in [0.1, 0.15) is 13.8 Å². The lowest BCUT2D eigenvalue weighted by molar-refractivity contribution is -0.387. The molecule has 7 nitrogen and oxygen atoms in total. The molecular formula is C12H17FN2O5S. The van der Waals surface area contributed by atoms with E-state index in [1.807, 2.05) is 0 Å². The smallest absolute Gasteiger partial charge is 0.304 e. The van der Waals surface area contributed by atoms with Crippen molar-refractivity contribution in [1.29, 1.82) is 0 Å². The molecule has 0 N–H and O–H groups in total. The minimum Gasteiger partial charge on any atom is -0.383 e. The first kappa shape index (κ1) is 17.5. The van der Waals surface area contributed by atoms with Crippen LogP contribution in [-0.4, -0.2) is 43.9 Å². The van der Waals surface area contributed by atoms with E-state index in [2.05, 4.69) is 0 Å². The van der Waals surface area contributed by atoms with E-state index in [-0.39, 0.29) is 24.1 Å². The minimum atomic E-state index is -3.95. The Morgan fingerprint density at radius 1 is 1.43 bits per heavy atom. The number of nitro groups is 1. The lowest BCUT2D eigenvalue weighted by Gasteiger charge is -2.25. The van der Waals surface area contributed by atoms with Crippen LogP contribution in [0.15, 0.2) is 23.1 Å². The summed E-state index contributed by atoms with van der Waals surface area (Å²) in [7, 11) is -2.51. The second-order valence-corrected chi connectivity index (χ2v) is 6.46. The highest BCUT2D eigenvalue weighted by Crippen LogP contribution is 2.24. The largest absolute Gasteiger partial charge is 0.383 e. The molecule has 0 atom stereocenters. The van der Waals surface area contributed by atoms with Gasteiger partial charge in [-0.3, -0.25) is 10.1 Å². The molecule has 9 heteroatoms. The van der Waals surface area contributed by atoms with E-state index in [0.717, 1.165) is 16.4 Å². The molecule has 0 bridgehead atoms. The van der Waals surface area contributed by atoms with Crippen molar-refractivity contribution in [1.82, 2.24) is 4.31 Å².